The lowest BCUT2D eigenvalue weighted by Gasteiger charge is -2.17. The number of imide groups is 1. The van der Waals surface area contributed by atoms with Gasteiger partial charge in [-0.05, 0) is 60.2 Å². The van der Waals surface area contributed by atoms with Crippen LogP contribution in [0.25, 0.3) is 0 Å². The molecule has 1 heterocycles. The number of fused-ring (bicyclic) bond motifs is 5. The fourth-order valence-corrected chi connectivity index (χ4v) is 4.84. The number of benzene rings is 2. The molecule has 2 bridgehead atoms. The molecule has 3 aliphatic rings. The Kier molecular flexibility index (Phi) is 4.28. The number of ether oxygens (including phenoxy) is 1. The maximum atomic E-state index is 12.9. The normalized spacial score (nSPS) is 26.9. The Morgan fingerprint density at radius 2 is 1.52 bits per heavy atom. The van der Waals surface area contributed by atoms with Gasteiger partial charge in [0.2, 0.25) is 11.8 Å². The van der Waals surface area contributed by atoms with E-state index in [0.29, 0.717) is 16.3 Å². The molecule has 4 atom stereocenters. The Hall–Kier alpha value is -2.92. The second-order valence-corrected chi connectivity index (χ2v) is 8.20. The maximum Gasteiger partial charge on any atom is 0.338 e. The Morgan fingerprint density at radius 1 is 0.931 bits per heavy atom. The molecule has 4 unspecified atom stereocenters. The van der Waals surface area contributed by atoms with E-state index in [1.165, 1.54) is 4.90 Å². The zero-order valence-corrected chi connectivity index (χ0v) is 16.2. The van der Waals surface area contributed by atoms with E-state index < -0.39 is 5.97 Å². The summed E-state index contributed by atoms with van der Waals surface area (Å²) in [4.78, 5) is 39.3. The van der Waals surface area contributed by atoms with Crippen molar-refractivity contribution >= 4 is 35.1 Å². The van der Waals surface area contributed by atoms with Crippen molar-refractivity contribution in [3.05, 3.63) is 76.8 Å². The molecular weight excluding hydrogens is 390 g/mol. The zero-order chi connectivity index (χ0) is 20.1. The van der Waals surface area contributed by atoms with Gasteiger partial charge in [0.15, 0.2) is 0 Å². The number of allylic oxidation sites excluding steroid dienone is 2. The van der Waals surface area contributed by atoms with Crippen LogP contribution >= 0.6 is 11.6 Å². The van der Waals surface area contributed by atoms with Gasteiger partial charge in [-0.15, -0.1) is 0 Å². The monoisotopic (exact) mass is 407 g/mol. The molecule has 2 aromatic carbocycles. The van der Waals surface area contributed by atoms with E-state index in [1.54, 1.807) is 48.5 Å². The molecule has 1 saturated heterocycles. The number of hydrogen-bond acceptors (Lipinski definition) is 4. The first-order valence-corrected chi connectivity index (χ1v) is 9.98. The van der Waals surface area contributed by atoms with Crippen molar-refractivity contribution in [1.82, 2.24) is 0 Å². The molecule has 0 radical (unpaired) electrons. The van der Waals surface area contributed by atoms with Crippen molar-refractivity contribution < 1.29 is 19.1 Å². The smallest absolute Gasteiger partial charge is 0.338 e. The highest BCUT2D eigenvalue weighted by molar-refractivity contribution is 6.30. The summed E-state index contributed by atoms with van der Waals surface area (Å²) >= 11 is 5.85. The first-order valence-electron chi connectivity index (χ1n) is 9.61. The highest BCUT2D eigenvalue weighted by Gasteiger charge is 2.59. The molecular formula is C23H18ClNO4. The van der Waals surface area contributed by atoms with Gasteiger partial charge in [-0.2, -0.15) is 0 Å². The van der Waals surface area contributed by atoms with Gasteiger partial charge in [0.25, 0.3) is 0 Å². The third-order valence-corrected chi connectivity index (χ3v) is 6.37. The van der Waals surface area contributed by atoms with Crippen LogP contribution in [-0.2, 0) is 20.9 Å². The molecule has 6 heteroatoms. The Balaban J connectivity index is 1.28. The van der Waals surface area contributed by atoms with Gasteiger partial charge in [0.1, 0.15) is 6.61 Å². The topological polar surface area (TPSA) is 63.7 Å². The van der Waals surface area contributed by atoms with Crippen LogP contribution in [-0.4, -0.2) is 17.8 Å². The Labute approximate surface area is 172 Å². The number of amides is 2. The van der Waals surface area contributed by atoms with Crippen LogP contribution in [0, 0.1) is 23.7 Å². The number of carbonyl (C=O) groups excluding carboxylic acids is 3. The SMILES string of the molecule is O=C(OCc1ccc(Cl)cc1)c1ccc(N2C(=O)C3C4C=CC(C4)C3C2=O)cc1. The molecule has 29 heavy (non-hydrogen) atoms. The Morgan fingerprint density at radius 3 is 2.10 bits per heavy atom. The minimum Gasteiger partial charge on any atom is -0.457 e. The van der Waals surface area contributed by atoms with Gasteiger partial charge in [0.05, 0.1) is 23.1 Å². The molecule has 5 nitrogen and oxygen atoms in total. The second-order valence-electron chi connectivity index (χ2n) is 7.76. The third kappa shape index (κ3) is 2.97. The molecule has 5 rings (SSSR count). The van der Waals surface area contributed by atoms with Crippen LogP contribution in [0.4, 0.5) is 5.69 Å². The summed E-state index contributed by atoms with van der Waals surface area (Å²) in [6, 6.07) is 13.5. The minimum atomic E-state index is -0.468. The standard InChI is InChI=1S/C23H18ClNO4/c24-17-7-1-13(2-8-17)12-29-23(28)14-5-9-18(10-6-14)25-21(26)19-15-3-4-16(11-15)20(19)22(25)27/h1-10,15-16,19-20H,11-12H2. The quantitative estimate of drug-likeness (QED) is 0.436. The summed E-state index contributed by atoms with van der Waals surface area (Å²) in [5, 5.41) is 0.620. The number of anilines is 1. The van der Waals surface area contributed by atoms with Gasteiger partial charge in [-0.1, -0.05) is 35.9 Å². The summed E-state index contributed by atoms with van der Waals surface area (Å²) < 4.78 is 5.32. The number of esters is 1. The largest absolute Gasteiger partial charge is 0.457 e. The molecule has 1 saturated carbocycles. The van der Waals surface area contributed by atoms with Gasteiger partial charge in [0, 0.05) is 5.02 Å². The number of nitrogens with zero attached hydrogens (tertiary/aromatic N) is 1. The third-order valence-electron chi connectivity index (χ3n) is 6.11. The molecule has 0 spiro atoms. The van der Waals surface area contributed by atoms with Crippen LogP contribution < -0.4 is 4.90 Å². The van der Waals surface area contributed by atoms with E-state index in [9.17, 15) is 14.4 Å². The van der Waals surface area contributed by atoms with Crippen molar-refractivity contribution in [2.45, 2.75) is 13.0 Å². The van der Waals surface area contributed by atoms with Crippen LogP contribution in [0.3, 0.4) is 0 Å². The number of carbonyl (C=O) groups is 3. The highest BCUT2D eigenvalue weighted by atomic mass is 35.5. The molecule has 2 fully saturated rings. The van der Waals surface area contributed by atoms with Crippen molar-refractivity contribution in [1.29, 1.82) is 0 Å². The lowest BCUT2D eigenvalue weighted by Crippen LogP contribution is -2.32. The van der Waals surface area contributed by atoms with Gasteiger partial charge in [-0.25, -0.2) is 4.79 Å². The fourth-order valence-electron chi connectivity index (χ4n) is 4.72. The first kappa shape index (κ1) is 18.1. The minimum absolute atomic E-state index is 0.130. The number of rotatable bonds is 4. The summed E-state index contributed by atoms with van der Waals surface area (Å²) in [7, 11) is 0. The van der Waals surface area contributed by atoms with Gasteiger partial charge < -0.3 is 4.74 Å². The van der Waals surface area contributed by atoms with E-state index in [1.807, 2.05) is 0 Å². The average molecular weight is 408 g/mol. The molecule has 0 N–H and O–H groups in total. The summed E-state index contributed by atoms with van der Waals surface area (Å²) in [5.41, 5.74) is 1.70. The molecule has 2 aromatic rings. The predicted molar refractivity (Wildman–Crippen MR) is 107 cm³/mol. The van der Waals surface area contributed by atoms with Crippen LogP contribution in [0.5, 0.6) is 0 Å². The van der Waals surface area contributed by atoms with E-state index in [-0.39, 0.29) is 42.1 Å². The summed E-state index contributed by atoms with van der Waals surface area (Å²) in [5.74, 6) is -0.848. The van der Waals surface area contributed by atoms with E-state index in [4.69, 9.17) is 16.3 Å². The summed E-state index contributed by atoms with van der Waals surface area (Å²) in [6.07, 6.45) is 5.04. The van der Waals surface area contributed by atoms with E-state index in [2.05, 4.69) is 12.2 Å². The molecule has 2 aliphatic carbocycles. The second kappa shape index (κ2) is 6.85. The van der Waals surface area contributed by atoms with Crippen molar-refractivity contribution in [3.8, 4) is 0 Å². The van der Waals surface area contributed by atoms with Crippen molar-refractivity contribution in [2.24, 2.45) is 23.7 Å². The number of halogens is 1. The van der Waals surface area contributed by atoms with Gasteiger partial charge >= 0.3 is 5.97 Å². The molecule has 0 aromatic heterocycles. The van der Waals surface area contributed by atoms with Crippen LogP contribution in [0.15, 0.2) is 60.7 Å². The predicted octanol–water partition coefficient (Wildman–Crippen LogP) is 4.01. The maximum absolute atomic E-state index is 12.9. The number of hydrogen-bond donors (Lipinski definition) is 0. The van der Waals surface area contributed by atoms with E-state index >= 15 is 0 Å². The van der Waals surface area contributed by atoms with E-state index in [0.717, 1.165) is 12.0 Å². The Bertz CT molecular complexity index is 998. The van der Waals surface area contributed by atoms with Gasteiger partial charge in [-0.3, -0.25) is 14.5 Å². The molecule has 146 valence electrons. The average Bonchev–Trinajstić information content (AvgIpc) is 3.41. The highest BCUT2D eigenvalue weighted by Crippen LogP contribution is 2.53. The lowest BCUT2D eigenvalue weighted by molar-refractivity contribution is -0.123. The van der Waals surface area contributed by atoms with Crippen LogP contribution in [0.1, 0.15) is 22.3 Å². The van der Waals surface area contributed by atoms with Crippen molar-refractivity contribution in [2.75, 3.05) is 4.90 Å². The fraction of sp³-hybridized carbons (Fsp3) is 0.261. The lowest BCUT2D eigenvalue weighted by atomic mass is 9.85. The zero-order valence-electron chi connectivity index (χ0n) is 15.5. The molecule has 2 amide bonds. The first-order chi connectivity index (χ1) is 14.0. The molecule has 1 aliphatic heterocycles. The summed E-state index contributed by atoms with van der Waals surface area (Å²) in [6.45, 7) is 0.139. The van der Waals surface area contributed by atoms with Crippen LogP contribution in [0.2, 0.25) is 5.02 Å². The van der Waals surface area contributed by atoms with Crippen molar-refractivity contribution in [3.63, 3.8) is 0 Å².